The molecule has 0 spiro atoms. The van der Waals surface area contributed by atoms with E-state index >= 15 is 0 Å². The third kappa shape index (κ3) is 3.82. The van der Waals surface area contributed by atoms with Crippen LogP contribution in [0.4, 0.5) is 5.69 Å². The van der Waals surface area contributed by atoms with E-state index in [4.69, 9.17) is 4.42 Å². The standard InChI is InChI=1S/C23H27NO2/c1-14(2)17-6-8-19(9-7-17)24-23(25)11-18-13-26-22-10-16(5)20(15(3)4)12-21(18)22/h6-10,12-15H,11H2,1-5H3,(H,24,25). The molecule has 1 amide bonds. The van der Waals surface area contributed by atoms with Crippen LogP contribution in [0.3, 0.4) is 0 Å². The molecule has 26 heavy (non-hydrogen) atoms. The van der Waals surface area contributed by atoms with E-state index in [1.807, 2.05) is 12.1 Å². The SMILES string of the molecule is Cc1cc2occ(CC(=O)Nc3ccc(C(C)C)cc3)c2cc1C(C)C. The fraction of sp³-hybridized carbons (Fsp3) is 0.348. The van der Waals surface area contributed by atoms with E-state index in [-0.39, 0.29) is 5.91 Å². The second kappa shape index (κ2) is 7.36. The summed E-state index contributed by atoms with van der Waals surface area (Å²) in [6.45, 7) is 10.8. The molecule has 0 bridgehead atoms. The summed E-state index contributed by atoms with van der Waals surface area (Å²) in [5, 5.41) is 4.01. The zero-order valence-electron chi connectivity index (χ0n) is 16.2. The molecule has 0 saturated heterocycles. The number of anilines is 1. The third-order valence-electron chi connectivity index (χ3n) is 4.88. The number of amides is 1. The topological polar surface area (TPSA) is 42.2 Å². The van der Waals surface area contributed by atoms with E-state index in [1.54, 1.807) is 6.26 Å². The molecule has 0 unspecified atom stereocenters. The summed E-state index contributed by atoms with van der Waals surface area (Å²) >= 11 is 0. The largest absolute Gasteiger partial charge is 0.464 e. The van der Waals surface area contributed by atoms with Gasteiger partial charge in [0.25, 0.3) is 0 Å². The molecule has 0 aliphatic rings. The Morgan fingerprint density at radius 2 is 1.73 bits per heavy atom. The van der Waals surface area contributed by atoms with Gasteiger partial charge in [0.15, 0.2) is 0 Å². The number of hydrogen-bond acceptors (Lipinski definition) is 2. The maximum absolute atomic E-state index is 12.5. The Bertz CT molecular complexity index is 917. The van der Waals surface area contributed by atoms with Crippen molar-refractivity contribution in [3.63, 3.8) is 0 Å². The molecule has 1 heterocycles. The first kappa shape index (κ1) is 18.2. The van der Waals surface area contributed by atoms with Gasteiger partial charge in [-0.15, -0.1) is 0 Å². The number of aryl methyl sites for hydroxylation is 1. The van der Waals surface area contributed by atoms with Crippen molar-refractivity contribution in [3.8, 4) is 0 Å². The summed E-state index contributed by atoms with van der Waals surface area (Å²) in [4.78, 5) is 12.5. The molecule has 3 nitrogen and oxygen atoms in total. The smallest absolute Gasteiger partial charge is 0.228 e. The van der Waals surface area contributed by atoms with Gasteiger partial charge in [0.05, 0.1) is 12.7 Å². The lowest BCUT2D eigenvalue weighted by Crippen LogP contribution is -2.14. The summed E-state index contributed by atoms with van der Waals surface area (Å²) in [7, 11) is 0. The predicted octanol–water partition coefficient (Wildman–Crippen LogP) is 6.17. The van der Waals surface area contributed by atoms with Crippen molar-refractivity contribution in [3.05, 3.63) is 64.9 Å². The number of carbonyl (C=O) groups is 1. The first-order chi connectivity index (χ1) is 12.3. The molecule has 0 aliphatic heterocycles. The molecule has 3 heteroatoms. The molecular weight excluding hydrogens is 322 g/mol. The van der Waals surface area contributed by atoms with Gasteiger partial charge >= 0.3 is 0 Å². The Morgan fingerprint density at radius 1 is 1.04 bits per heavy atom. The second-order valence-corrected chi connectivity index (χ2v) is 7.62. The van der Waals surface area contributed by atoms with E-state index < -0.39 is 0 Å². The van der Waals surface area contributed by atoms with Crippen molar-refractivity contribution in [2.75, 3.05) is 5.32 Å². The second-order valence-electron chi connectivity index (χ2n) is 7.62. The van der Waals surface area contributed by atoms with Gasteiger partial charge in [0.2, 0.25) is 5.91 Å². The molecule has 0 aliphatic carbocycles. The van der Waals surface area contributed by atoms with Crippen LogP contribution in [0.25, 0.3) is 11.0 Å². The van der Waals surface area contributed by atoms with Crippen LogP contribution in [0.5, 0.6) is 0 Å². The third-order valence-corrected chi connectivity index (χ3v) is 4.88. The number of furan rings is 1. The fourth-order valence-electron chi connectivity index (χ4n) is 3.33. The van der Waals surface area contributed by atoms with Gasteiger partial charge in [0, 0.05) is 16.6 Å². The number of rotatable bonds is 5. The van der Waals surface area contributed by atoms with Crippen molar-refractivity contribution in [1.82, 2.24) is 0 Å². The van der Waals surface area contributed by atoms with Gasteiger partial charge in [-0.2, -0.15) is 0 Å². The Hall–Kier alpha value is -2.55. The van der Waals surface area contributed by atoms with Gasteiger partial charge in [-0.3, -0.25) is 4.79 Å². The Kier molecular flexibility index (Phi) is 5.17. The summed E-state index contributed by atoms with van der Waals surface area (Å²) in [6.07, 6.45) is 2.01. The highest BCUT2D eigenvalue weighted by atomic mass is 16.3. The highest BCUT2D eigenvalue weighted by molar-refractivity contribution is 5.95. The lowest BCUT2D eigenvalue weighted by atomic mass is 9.95. The lowest BCUT2D eigenvalue weighted by Gasteiger charge is -2.10. The van der Waals surface area contributed by atoms with E-state index in [9.17, 15) is 4.79 Å². The van der Waals surface area contributed by atoms with Crippen molar-refractivity contribution >= 4 is 22.6 Å². The Labute approximate surface area is 155 Å². The zero-order valence-corrected chi connectivity index (χ0v) is 16.2. The molecule has 0 atom stereocenters. The zero-order chi connectivity index (χ0) is 18.8. The molecule has 3 rings (SSSR count). The van der Waals surface area contributed by atoms with E-state index in [0.29, 0.717) is 18.3 Å². The summed E-state index contributed by atoms with van der Waals surface area (Å²) in [6, 6.07) is 12.3. The molecule has 0 fully saturated rings. The van der Waals surface area contributed by atoms with Crippen molar-refractivity contribution in [2.45, 2.75) is 52.9 Å². The molecule has 1 N–H and O–H groups in total. The average molecular weight is 349 g/mol. The van der Waals surface area contributed by atoms with Gasteiger partial charge in [-0.05, 0) is 59.7 Å². The quantitative estimate of drug-likeness (QED) is 0.598. The van der Waals surface area contributed by atoms with Gasteiger partial charge in [-0.25, -0.2) is 0 Å². The molecular formula is C23H27NO2. The number of fused-ring (bicyclic) bond motifs is 1. The molecule has 1 aromatic heterocycles. The molecule has 0 saturated carbocycles. The van der Waals surface area contributed by atoms with Gasteiger partial charge in [-0.1, -0.05) is 39.8 Å². The number of benzene rings is 2. The fourth-order valence-corrected chi connectivity index (χ4v) is 3.33. The maximum Gasteiger partial charge on any atom is 0.228 e. The lowest BCUT2D eigenvalue weighted by molar-refractivity contribution is -0.115. The van der Waals surface area contributed by atoms with E-state index in [1.165, 1.54) is 16.7 Å². The van der Waals surface area contributed by atoms with E-state index in [2.05, 4.69) is 64.2 Å². The van der Waals surface area contributed by atoms with Crippen LogP contribution in [-0.2, 0) is 11.2 Å². The number of nitrogens with one attached hydrogen (secondary N) is 1. The first-order valence-corrected chi connectivity index (χ1v) is 9.25. The van der Waals surface area contributed by atoms with Crippen LogP contribution in [0.1, 0.15) is 61.8 Å². The molecule has 136 valence electrons. The minimum absolute atomic E-state index is 0.0309. The van der Waals surface area contributed by atoms with Crippen molar-refractivity contribution < 1.29 is 9.21 Å². The Balaban J connectivity index is 1.77. The minimum atomic E-state index is -0.0309. The summed E-state index contributed by atoms with van der Waals surface area (Å²) < 4.78 is 5.68. The van der Waals surface area contributed by atoms with Crippen LogP contribution in [0.2, 0.25) is 0 Å². The van der Waals surface area contributed by atoms with Crippen molar-refractivity contribution in [2.24, 2.45) is 0 Å². The van der Waals surface area contributed by atoms with Gasteiger partial charge < -0.3 is 9.73 Å². The van der Waals surface area contributed by atoms with Crippen LogP contribution in [0, 0.1) is 6.92 Å². The summed E-state index contributed by atoms with van der Waals surface area (Å²) in [5.74, 6) is 0.891. The average Bonchev–Trinajstić information content (AvgIpc) is 2.95. The van der Waals surface area contributed by atoms with Crippen LogP contribution in [0.15, 0.2) is 47.1 Å². The first-order valence-electron chi connectivity index (χ1n) is 9.25. The van der Waals surface area contributed by atoms with E-state index in [0.717, 1.165) is 22.2 Å². The van der Waals surface area contributed by atoms with Crippen LogP contribution >= 0.6 is 0 Å². The number of carbonyl (C=O) groups excluding carboxylic acids is 1. The van der Waals surface area contributed by atoms with Crippen molar-refractivity contribution in [1.29, 1.82) is 0 Å². The van der Waals surface area contributed by atoms with Gasteiger partial charge in [0.1, 0.15) is 5.58 Å². The van der Waals surface area contributed by atoms with Crippen LogP contribution < -0.4 is 5.32 Å². The Morgan fingerprint density at radius 3 is 2.35 bits per heavy atom. The highest BCUT2D eigenvalue weighted by Gasteiger charge is 2.14. The summed E-state index contributed by atoms with van der Waals surface area (Å²) in [5.41, 5.74) is 6.38. The minimum Gasteiger partial charge on any atom is -0.464 e. The van der Waals surface area contributed by atoms with Crippen LogP contribution in [-0.4, -0.2) is 5.91 Å². The molecule has 0 radical (unpaired) electrons. The normalized spacial score (nSPS) is 11.5. The monoisotopic (exact) mass is 349 g/mol. The predicted molar refractivity (Wildman–Crippen MR) is 108 cm³/mol. The highest BCUT2D eigenvalue weighted by Crippen LogP contribution is 2.29. The molecule has 2 aromatic carbocycles. The maximum atomic E-state index is 12.5. The number of hydrogen-bond donors (Lipinski definition) is 1. The molecule has 3 aromatic rings.